The number of methoxy groups -OCH3 is 1. The van der Waals surface area contributed by atoms with Gasteiger partial charge < -0.3 is 19.4 Å². The van der Waals surface area contributed by atoms with E-state index < -0.39 is 0 Å². The molecule has 0 unspecified atom stereocenters. The second-order valence-electron chi connectivity index (χ2n) is 8.62. The number of ether oxygens (including phenoxy) is 1. The van der Waals surface area contributed by atoms with Gasteiger partial charge in [-0.15, -0.1) is 0 Å². The monoisotopic (exact) mass is 483 g/mol. The van der Waals surface area contributed by atoms with Gasteiger partial charge in [-0.2, -0.15) is 0 Å². The number of nitrogens with zero attached hydrogens (tertiary/aromatic N) is 2. The summed E-state index contributed by atoms with van der Waals surface area (Å²) in [5, 5.41) is 4.07. The largest absolute Gasteiger partial charge is 0.465 e. The molecule has 1 aliphatic heterocycles. The fourth-order valence-corrected chi connectivity index (χ4v) is 4.94. The summed E-state index contributed by atoms with van der Waals surface area (Å²) in [6.07, 6.45) is 1.78. The van der Waals surface area contributed by atoms with Gasteiger partial charge in [0.2, 0.25) is 0 Å². The van der Waals surface area contributed by atoms with Gasteiger partial charge in [-0.3, -0.25) is 4.98 Å². The molecule has 4 aromatic rings. The van der Waals surface area contributed by atoms with Crippen molar-refractivity contribution in [1.29, 1.82) is 0 Å². The van der Waals surface area contributed by atoms with Crippen LogP contribution >= 0.6 is 12.2 Å². The summed E-state index contributed by atoms with van der Waals surface area (Å²) in [6.45, 7) is 4.15. The minimum absolute atomic E-state index is 0.204. The molecule has 1 aliphatic rings. The van der Waals surface area contributed by atoms with Gasteiger partial charge in [0.05, 0.1) is 24.4 Å². The summed E-state index contributed by atoms with van der Waals surface area (Å²) in [6, 6.07) is 22.9. The molecular formula is C28H25N3O3S. The number of furan rings is 1. The van der Waals surface area contributed by atoms with E-state index in [-0.39, 0.29) is 18.1 Å². The first kappa shape index (κ1) is 22.8. The van der Waals surface area contributed by atoms with E-state index in [4.69, 9.17) is 21.4 Å². The Labute approximate surface area is 209 Å². The highest BCUT2D eigenvalue weighted by Gasteiger charge is 2.42. The van der Waals surface area contributed by atoms with E-state index >= 15 is 0 Å². The number of esters is 1. The Kier molecular flexibility index (Phi) is 6.09. The first-order valence-corrected chi connectivity index (χ1v) is 11.7. The number of aryl methyl sites for hydroxylation is 2. The van der Waals surface area contributed by atoms with Gasteiger partial charge >= 0.3 is 5.97 Å². The maximum Gasteiger partial charge on any atom is 0.337 e. The third-order valence-corrected chi connectivity index (χ3v) is 6.38. The van der Waals surface area contributed by atoms with Gasteiger partial charge in [0.15, 0.2) is 5.11 Å². The second kappa shape index (κ2) is 9.35. The van der Waals surface area contributed by atoms with Crippen molar-refractivity contribution < 1.29 is 13.9 Å². The number of benzene rings is 2. The van der Waals surface area contributed by atoms with Crippen molar-refractivity contribution in [2.24, 2.45) is 0 Å². The number of hydrogen-bond acceptors (Lipinski definition) is 5. The van der Waals surface area contributed by atoms with E-state index in [2.05, 4.69) is 47.2 Å². The number of carbonyl (C=O) groups excluding carboxylic acids is 1. The molecule has 2 atom stereocenters. The van der Waals surface area contributed by atoms with Gasteiger partial charge in [0, 0.05) is 17.4 Å². The standard InChI is InChI=1S/C28H25N3O3S/c1-17-13-18(2)15-21(14-17)31-26(25(30-28(31)35)22-9-4-5-12-29-22)24-11-10-23(34-24)19-7-6-8-20(16-19)27(32)33-3/h4-16,25-26H,1-3H3,(H,30,35)/t25-,26+/m0/s1. The number of pyridine rings is 1. The smallest absolute Gasteiger partial charge is 0.337 e. The summed E-state index contributed by atoms with van der Waals surface area (Å²) in [7, 11) is 1.37. The molecule has 0 spiro atoms. The van der Waals surface area contributed by atoms with E-state index in [0.29, 0.717) is 16.4 Å². The number of thiocarbonyl (C=S) groups is 1. The van der Waals surface area contributed by atoms with Crippen molar-refractivity contribution in [3.8, 4) is 11.3 Å². The normalized spacial score (nSPS) is 17.3. The molecule has 1 saturated heterocycles. The number of aromatic nitrogens is 1. The van der Waals surface area contributed by atoms with Crippen molar-refractivity contribution >= 4 is 29.0 Å². The molecule has 0 bridgehead atoms. The van der Waals surface area contributed by atoms with E-state index in [1.165, 1.54) is 7.11 Å². The number of hydrogen-bond donors (Lipinski definition) is 1. The topological polar surface area (TPSA) is 67.6 Å². The van der Waals surface area contributed by atoms with Crippen LogP contribution in [0.25, 0.3) is 11.3 Å². The summed E-state index contributed by atoms with van der Waals surface area (Å²) >= 11 is 5.82. The SMILES string of the molecule is COC(=O)c1cccc(-c2ccc([C@@H]3[C@H](c4ccccn4)NC(=S)N3c3cc(C)cc(C)c3)o2)c1. The van der Waals surface area contributed by atoms with Gasteiger partial charge in [-0.25, -0.2) is 4.79 Å². The van der Waals surface area contributed by atoms with Crippen LogP contribution in [-0.4, -0.2) is 23.2 Å². The van der Waals surface area contributed by atoms with Crippen LogP contribution in [-0.2, 0) is 4.74 Å². The van der Waals surface area contributed by atoms with E-state index in [9.17, 15) is 4.79 Å². The highest BCUT2D eigenvalue weighted by molar-refractivity contribution is 7.80. The molecule has 6 nitrogen and oxygen atoms in total. The third kappa shape index (κ3) is 4.42. The Balaban J connectivity index is 1.59. The Morgan fingerprint density at radius 1 is 1.03 bits per heavy atom. The molecule has 2 aromatic carbocycles. The van der Waals surface area contributed by atoms with Crippen LogP contribution in [0.15, 0.2) is 83.4 Å². The maximum absolute atomic E-state index is 12.0. The Hall–Kier alpha value is -3.97. The van der Waals surface area contributed by atoms with Gasteiger partial charge in [0.1, 0.15) is 17.6 Å². The zero-order valence-electron chi connectivity index (χ0n) is 19.7. The van der Waals surface area contributed by atoms with E-state index in [0.717, 1.165) is 33.8 Å². The van der Waals surface area contributed by atoms with Crippen molar-refractivity contribution in [2.45, 2.75) is 25.9 Å². The first-order chi connectivity index (χ1) is 16.9. The molecule has 0 radical (unpaired) electrons. The molecule has 3 heterocycles. The fourth-order valence-electron chi connectivity index (χ4n) is 4.60. The average molecular weight is 484 g/mol. The fraction of sp³-hybridized carbons (Fsp3) is 0.179. The number of anilines is 1. The molecular weight excluding hydrogens is 458 g/mol. The van der Waals surface area contributed by atoms with Crippen LogP contribution in [0.1, 0.15) is 45.0 Å². The lowest BCUT2D eigenvalue weighted by atomic mass is 10.0. The van der Waals surface area contributed by atoms with Crippen LogP contribution in [0, 0.1) is 13.8 Å². The second-order valence-corrected chi connectivity index (χ2v) is 9.00. The summed E-state index contributed by atoms with van der Waals surface area (Å²) in [5.41, 5.74) is 5.44. The summed E-state index contributed by atoms with van der Waals surface area (Å²) in [4.78, 5) is 18.7. The average Bonchev–Trinajstić information content (AvgIpc) is 3.48. The zero-order chi connectivity index (χ0) is 24.5. The van der Waals surface area contributed by atoms with Crippen LogP contribution in [0.2, 0.25) is 0 Å². The molecule has 0 saturated carbocycles. The summed E-state index contributed by atoms with van der Waals surface area (Å²) < 4.78 is 11.3. The molecule has 2 aromatic heterocycles. The molecule has 1 fully saturated rings. The van der Waals surface area contributed by atoms with Crippen molar-refractivity contribution in [3.05, 3.63) is 107 Å². The first-order valence-electron chi connectivity index (χ1n) is 11.3. The Bertz CT molecular complexity index is 1380. The third-order valence-electron chi connectivity index (χ3n) is 6.07. The minimum Gasteiger partial charge on any atom is -0.465 e. The lowest BCUT2D eigenvalue weighted by Crippen LogP contribution is -2.29. The maximum atomic E-state index is 12.0. The Morgan fingerprint density at radius 2 is 1.83 bits per heavy atom. The quantitative estimate of drug-likeness (QED) is 0.279. The molecule has 0 aliphatic carbocycles. The summed E-state index contributed by atoms with van der Waals surface area (Å²) in [5.74, 6) is 1.01. The van der Waals surface area contributed by atoms with Crippen molar-refractivity contribution in [3.63, 3.8) is 0 Å². The van der Waals surface area contributed by atoms with Crippen LogP contribution in [0.3, 0.4) is 0 Å². The molecule has 176 valence electrons. The Morgan fingerprint density at radius 3 is 2.54 bits per heavy atom. The number of carbonyl (C=O) groups is 1. The molecule has 7 heteroatoms. The van der Waals surface area contributed by atoms with Gasteiger partial charge in [-0.05, 0) is 85.7 Å². The van der Waals surface area contributed by atoms with E-state index in [1.807, 2.05) is 42.5 Å². The highest BCUT2D eigenvalue weighted by Crippen LogP contribution is 2.43. The van der Waals surface area contributed by atoms with Gasteiger partial charge in [-0.1, -0.05) is 24.3 Å². The molecule has 0 amide bonds. The van der Waals surface area contributed by atoms with E-state index in [1.54, 1.807) is 18.3 Å². The van der Waals surface area contributed by atoms with Crippen molar-refractivity contribution in [1.82, 2.24) is 10.3 Å². The predicted molar refractivity (Wildman–Crippen MR) is 139 cm³/mol. The number of nitrogens with one attached hydrogen (secondary N) is 1. The molecule has 35 heavy (non-hydrogen) atoms. The van der Waals surface area contributed by atoms with Crippen molar-refractivity contribution in [2.75, 3.05) is 12.0 Å². The van der Waals surface area contributed by atoms with Crippen LogP contribution < -0.4 is 10.2 Å². The number of rotatable bonds is 5. The molecule has 1 N–H and O–H groups in total. The predicted octanol–water partition coefficient (Wildman–Crippen LogP) is 5.92. The highest BCUT2D eigenvalue weighted by atomic mass is 32.1. The zero-order valence-corrected chi connectivity index (χ0v) is 20.5. The van der Waals surface area contributed by atoms with Gasteiger partial charge in [0.25, 0.3) is 0 Å². The molecule has 5 rings (SSSR count). The van der Waals surface area contributed by atoms with Crippen LogP contribution in [0.5, 0.6) is 0 Å². The lowest BCUT2D eigenvalue weighted by Gasteiger charge is -2.26. The van der Waals surface area contributed by atoms with Crippen LogP contribution in [0.4, 0.5) is 5.69 Å². The lowest BCUT2D eigenvalue weighted by molar-refractivity contribution is 0.0601. The minimum atomic E-state index is -0.389.